The molecule has 0 heterocycles. The lowest BCUT2D eigenvalue weighted by Gasteiger charge is -2.23. The molecule has 0 saturated carbocycles. The van der Waals surface area contributed by atoms with Crippen molar-refractivity contribution < 1.29 is 17.9 Å². The molecule has 0 radical (unpaired) electrons. The van der Waals surface area contributed by atoms with Gasteiger partial charge in [0.05, 0.1) is 24.6 Å². The average molecular weight is 487 g/mol. The van der Waals surface area contributed by atoms with E-state index in [1.165, 1.54) is 4.31 Å². The first-order chi connectivity index (χ1) is 15.7. The molecule has 0 saturated heterocycles. The molecule has 1 atom stereocenters. The van der Waals surface area contributed by atoms with Crippen LogP contribution >= 0.6 is 11.6 Å². The fraction of sp³-hybridized carbons (Fsp3) is 0.240. The van der Waals surface area contributed by atoms with Gasteiger partial charge in [0, 0.05) is 11.6 Å². The third-order valence-electron chi connectivity index (χ3n) is 5.24. The molecule has 1 amide bonds. The molecule has 3 aromatic rings. The highest BCUT2D eigenvalue weighted by Gasteiger charge is 2.27. The Morgan fingerprint density at radius 3 is 2.18 bits per heavy atom. The molecule has 0 spiro atoms. The van der Waals surface area contributed by atoms with Crippen molar-refractivity contribution in [2.75, 3.05) is 13.7 Å². The van der Waals surface area contributed by atoms with Gasteiger partial charge in [-0.25, -0.2) is 8.42 Å². The Morgan fingerprint density at radius 1 is 1.00 bits per heavy atom. The van der Waals surface area contributed by atoms with E-state index in [0.29, 0.717) is 5.02 Å². The minimum absolute atomic E-state index is 0.0394. The number of benzene rings is 3. The summed E-state index contributed by atoms with van der Waals surface area (Å²) in [6.07, 6.45) is 0. The molecule has 0 aliphatic heterocycles. The molecule has 0 fully saturated rings. The van der Waals surface area contributed by atoms with Crippen LogP contribution in [-0.4, -0.2) is 32.3 Å². The van der Waals surface area contributed by atoms with Gasteiger partial charge in [0.15, 0.2) is 0 Å². The van der Waals surface area contributed by atoms with E-state index in [0.717, 1.165) is 22.4 Å². The maximum Gasteiger partial charge on any atom is 0.243 e. The highest BCUT2D eigenvalue weighted by atomic mass is 35.5. The minimum Gasteiger partial charge on any atom is -0.497 e. The van der Waals surface area contributed by atoms with Crippen LogP contribution in [0.4, 0.5) is 0 Å². The number of rotatable bonds is 9. The van der Waals surface area contributed by atoms with Gasteiger partial charge < -0.3 is 10.1 Å². The first-order valence-electron chi connectivity index (χ1n) is 10.4. The molecular weight excluding hydrogens is 460 g/mol. The van der Waals surface area contributed by atoms with Crippen LogP contribution in [-0.2, 0) is 21.4 Å². The van der Waals surface area contributed by atoms with Crippen LogP contribution in [0.25, 0.3) is 0 Å². The van der Waals surface area contributed by atoms with Crippen molar-refractivity contribution in [2.45, 2.75) is 31.3 Å². The molecule has 3 rings (SSSR count). The van der Waals surface area contributed by atoms with Gasteiger partial charge >= 0.3 is 0 Å². The summed E-state index contributed by atoms with van der Waals surface area (Å²) in [5.41, 5.74) is 2.56. The number of halogens is 1. The van der Waals surface area contributed by atoms with Crippen LogP contribution in [0.15, 0.2) is 77.7 Å². The average Bonchev–Trinajstić information content (AvgIpc) is 2.80. The summed E-state index contributed by atoms with van der Waals surface area (Å²) >= 11 is 5.96. The number of hydrogen-bond acceptors (Lipinski definition) is 4. The Hall–Kier alpha value is -2.87. The second-order valence-electron chi connectivity index (χ2n) is 7.77. The van der Waals surface area contributed by atoms with E-state index in [1.54, 1.807) is 55.6 Å². The monoisotopic (exact) mass is 486 g/mol. The lowest BCUT2D eigenvalue weighted by atomic mass is 10.1. The van der Waals surface area contributed by atoms with Crippen molar-refractivity contribution in [3.63, 3.8) is 0 Å². The van der Waals surface area contributed by atoms with E-state index in [2.05, 4.69) is 5.32 Å². The van der Waals surface area contributed by atoms with Gasteiger partial charge in [-0.15, -0.1) is 0 Å². The second kappa shape index (κ2) is 10.8. The number of carbonyl (C=O) groups excluding carboxylic acids is 1. The number of carbonyl (C=O) groups is 1. The predicted octanol–water partition coefficient (Wildman–Crippen LogP) is 4.73. The van der Waals surface area contributed by atoms with Crippen LogP contribution < -0.4 is 10.1 Å². The fourth-order valence-electron chi connectivity index (χ4n) is 3.30. The number of nitrogens with one attached hydrogen (secondary N) is 1. The van der Waals surface area contributed by atoms with Crippen molar-refractivity contribution in [1.29, 1.82) is 0 Å². The number of ether oxygens (including phenoxy) is 1. The highest BCUT2D eigenvalue weighted by Crippen LogP contribution is 2.21. The molecule has 0 aliphatic carbocycles. The van der Waals surface area contributed by atoms with E-state index >= 15 is 0 Å². The molecule has 0 aromatic heterocycles. The van der Waals surface area contributed by atoms with E-state index in [-0.39, 0.29) is 24.0 Å². The summed E-state index contributed by atoms with van der Waals surface area (Å²) in [5.74, 6) is 0.318. The van der Waals surface area contributed by atoms with Crippen LogP contribution in [0, 0.1) is 6.92 Å². The molecule has 0 unspecified atom stereocenters. The van der Waals surface area contributed by atoms with Gasteiger partial charge in [-0.05, 0) is 61.4 Å². The van der Waals surface area contributed by atoms with Crippen LogP contribution in [0.2, 0.25) is 5.02 Å². The number of amides is 1. The maximum absolute atomic E-state index is 13.4. The first kappa shape index (κ1) is 24.8. The summed E-state index contributed by atoms with van der Waals surface area (Å²) in [4.78, 5) is 13.0. The van der Waals surface area contributed by atoms with Gasteiger partial charge in [-0.1, -0.05) is 53.6 Å². The summed E-state index contributed by atoms with van der Waals surface area (Å²) in [6, 6.07) is 20.5. The molecule has 3 aromatic carbocycles. The molecule has 8 heteroatoms. The highest BCUT2D eigenvalue weighted by molar-refractivity contribution is 7.89. The third-order valence-corrected chi connectivity index (χ3v) is 7.30. The van der Waals surface area contributed by atoms with Gasteiger partial charge in [0.1, 0.15) is 5.75 Å². The molecule has 1 N–H and O–H groups in total. The van der Waals surface area contributed by atoms with Gasteiger partial charge in [0.2, 0.25) is 15.9 Å². The number of hydrogen-bond donors (Lipinski definition) is 1. The quantitative estimate of drug-likeness (QED) is 0.474. The van der Waals surface area contributed by atoms with E-state index < -0.39 is 15.9 Å². The van der Waals surface area contributed by atoms with Gasteiger partial charge in [-0.2, -0.15) is 4.31 Å². The normalized spacial score (nSPS) is 12.4. The zero-order chi connectivity index (χ0) is 24.0. The zero-order valence-corrected chi connectivity index (χ0v) is 20.4. The number of nitrogens with zero attached hydrogens (tertiary/aromatic N) is 1. The molecular formula is C25H27ClN2O4S. The fourth-order valence-corrected chi connectivity index (χ4v) is 4.81. The molecule has 33 heavy (non-hydrogen) atoms. The van der Waals surface area contributed by atoms with Gasteiger partial charge in [0.25, 0.3) is 0 Å². The first-order valence-corrected chi connectivity index (χ1v) is 12.3. The Kier molecular flexibility index (Phi) is 8.13. The lowest BCUT2D eigenvalue weighted by Crippen LogP contribution is -2.41. The van der Waals surface area contributed by atoms with E-state index in [9.17, 15) is 13.2 Å². The molecule has 174 valence electrons. The minimum atomic E-state index is -3.91. The van der Waals surface area contributed by atoms with E-state index in [1.807, 2.05) is 38.1 Å². The molecule has 0 aliphatic rings. The Bertz CT molecular complexity index is 1180. The summed E-state index contributed by atoms with van der Waals surface area (Å²) in [5, 5.41) is 3.44. The van der Waals surface area contributed by atoms with Crippen LogP contribution in [0.3, 0.4) is 0 Å². The predicted molar refractivity (Wildman–Crippen MR) is 130 cm³/mol. The van der Waals surface area contributed by atoms with Crippen molar-refractivity contribution in [1.82, 2.24) is 9.62 Å². The second-order valence-corrected chi connectivity index (χ2v) is 10.1. The zero-order valence-electron chi connectivity index (χ0n) is 18.8. The SMILES string of the molecule is COc1ccc([C@@H](C)NC(=O)CN(Cc2ccc(Cl)cc2)S(=O)(=O)c2ccc(C)cc2)cc1. The van der Waals surface area contributed by atoms with Crippen molar-refractivity contribution in [3.05, 3.63) is 94.5 Å². The Labute approximate surface area is 200 Å². The largest absolute Gasteiger partial charge is 0.497 e. The standard InChI is InChI=1S/C25H27ClN2O4S/c1-18-4-14-24(15-5-18)33(30,31)28(16-20-6-10-22(26)11-7-20)17-25(29)27-19(2)21-8-12-23(32-3)13-9-21/h4-15,19H,16-17H2,1-3H3,(H,27,29)/t19-/m1/s1. The van der Waals surface area contributed by atoms with Crippen LogP contribution in [0.5, 0.6) is 5.75 Å². The number of aryl methyl sites for hydroxylation is 1. The smallest absolute Gasteiger partial charge is 0.243 e. The third kappa shape index (κ3) is 6.57. The molecule has 0 bridgehead atoms. The van der Waals surface area contributed by atoms with Gasteiger partial charge in [-0.3, -0.25) is 4.79 Å². The number of methoxy groups -OCH3 is 1. The van der Waals surface area contributed by atoms with E-state index in [4.69, 9.17) is 16.3 Å². The summed E-state index contributed by atoms with van der Waals surface area (Å²) in [6.45, 7) is 3.45. The summed E-state index contributed by atoms with van der Waals surface area (Å²) < 4.78 is 33.1. The van der Waals surface area contributed by atoms with Crippen molar-refractivity contribution in [3.8, 4) is 5.75 Å². The Balaban J connectivity index is 1.81. The lowest BCUT2D eigenvalue weighted by molar-refractivity contribution is -0.122. The maximum atomic E-state index is 13.4. The summed E-state index contributed by atoms with van der Waals surface area (Å²) in [7, 11) is -2.32. The topological polar surface area (TPSA) is 75.7 Å². The molecule has 6 nitrogen and oxygen atoms in total. The number of sulfonamides is 1. The van der Waals surface area contributed by atoms with Crippen molar-refractivity contribution >= 4 is 27.5 Å². The van der Waals surface area contributed by atoms with Crippen LogP contribution in [0.1, 0.15) is 29.7 Å². The van der Waals surface area contributed by atoms with Crippen molar-refractivity contribution in [2.24, 2.45) is 0 Å². The Morgan fingerprint density at radius 2 is 1.61 bits per heavy atom.